The van der Waals surface area contributed by atoms with E-state index in [-0.39, 0.29) is 0 Å². The fourth-order valence-corrected chi connectivity index (χ4v) is 2.31. The Morgan fingerprint density at radius 1 is 1.83 bits per heavy atom. The van der Waals surface area contributed by atoms with Crippen LogP contribution in [0, 0.1) is 0 Å². The Labute approximate surface area is 78.1 Å². The Morgan fingerprint density at radius 3 is 3.08 bits per heavy atom. The molecule has 2 bridgehead atoms. The van der Waals surface area contributed by atoms with Gasteiger partial charge in [0.1, 0.15) is 12.4 Å². The van der Waals surface area contributed by atoms with Crippen LogP contribution in [0.2, 0.25) is 0 Å². The maximum absolute atomic E-state index is 5.88. The van der Waals surface area contributed by atoms with Crippen molar-refractivity contribution < 1.29 is 4.74 Å². The summed E-state index contributed by atoms with van der Waals surface area (Å²) in [5, 5.41) is 0. The van der Waals surface area contributed by atoms with Crippen molar-refractivity contribution >= 4 is 11.6 Å². The summed E-state index contributed by atoms with van der Waals surface area (Å²) in [6.45, 7) is 3.22. The van der Waals surface area contributed by atoms with Gasteiger partial charge in [-0.3, -0.25) is 0 Å². The van der Waals surface area contributed by atoms with Gasteiger partial charge in [-0.1, -0.05) is 6.92 Å². The highest BCUT2D eigenvalue weighted by atomic mass is 35.5. The molecule has 2 atom stereocenters. The molecular weight excluding hydrogens is 174 g/mol. The summed E-state index contributed by atoms with van der Waals surface area (Å²) in [4.78, 5) is 2.39. The largest absolute Gasteiger partial charge is 0.494 e. The standard InChI is InChI=1S/C9H14ClNO/c1-2-7(4-10)11-5-9-3-8(11)6-12-9/h6-7,9H,2-5H2,1H3. The molecule has 3 heteroatoms. The van der Waals surface area contributed by atoms with E-state index in [1.165, 1.54) is 5.70 Å². The zero-order chi connectivity index (χ0) is 8.55. The van der Waals surface area contributed by atoms with E-state index in [2.05, 4.69) is 11.8 Å². The van der Waals surface area contributed by atoms with Crippen LogP contribution in [0.4, 0.5) is 0 Å². The van der Waals surface area contributed by atoms with Crippen molar-refractivity contribution in [2.45, 2.75) is 31.9 Å². The number of fused-ring (bicyclic) bond motifs is 2. The summed E-state index contributed by atoms with van der Waals surface area (Å²) in [6.07, 6.45) is 4.52. The van der Waals surface area contributed by atoms with Crippen molar-refractivity contribution in [3.8, 4) is 0 Å². The Bertz CT molecular complexity index is 201. The third-order valence-electron chi connectivity index (χ3n) is 2.69. The van der Waals surface area contributed by atoms with Crippen LogP contribution >= 0.6 is 11.6 Å². The first kappa shape index (κ1) is 8.24. The first-order valence-electron chi connectivity index (χ1n) is 4.52. The van der Waals surface area contributed by atoms with Crippen LogP contribution in [0.15, 0.2) is 12.0 Å². The van der Waals surface area contributed by atoms with Gasteiger partial charge in [-0.15, -0.1) is 11.6 Å². The van der Waals surface area contributed by atoms with Gasteiger partial charge in [-0.2, -0.15) is 0 Å². The zero-order valence-corrected chi connectivity index (χ0v) is 8.05. The highest BCUT2D eigenvalue weighted by Gasteiger charge is 2.35. The summed E-state index contributed by atoms with van der Waals surface area (Å²) in [7, 11) is 0. The van der Waals surface area contributed by atoms with Gasteiger partial charge in [-0.05, 0) is 6.42 Å². The second-order valence-corrected chi connectivity index (χ2v) is 3.75. The number of hydrogen-bond acceptors (Lipinski definition) is 2. The van der Waals surface area contributed by atoms with Gasteiger partial charge in [0.25, 0.3) is 0 Å². The van der Waals surface area contributed by atoms with Crippen molar-refractivity contribution in [2.75, 3.05) is 12.4 Å². The number of rotatable bonds is 3. The minimum atomic E-state index is 0.414. The molecule has 0 saturated carbocycles. The molecule has 1 fully saturated rings. The van der Waals surface area contributed by atoms with Crippen LogP contribution in [0.25, 0.3) is 0 Å². The number of likely N-dealkylation sites (tertiary alicyclic amines) is 1. The molecular formula is C9H14ClNO. The molecule has 0 aliphatic carbocycles. The smallest absolute Gasteiger partial charge is 0.121 e. The Balaban J connectivity index is 2.05. The number of alkyl halides is 1. The average Bonchev–Trinajstić information content (AvgIpc) is 2.67. The van der Waals surface area contributed by atoms with Crippen LogP contribution in [-0.4, -0.2) is 29.5 Å². The van der Waals surface area contributed by atoms with E-state index in [0.717, 1.165) is 25.3 Å². The lowest BCUT2D eigenvalue weighted by molar-refractivity contribution is 0.124. The summed E-state index contributed by atoms with van der Waals surface area (Å²) in [5.74, 6) is 0.723. The van der Waals surface area contributed by atoms with E-state index >= 15 is 0 Å². The van der Waals surface area contributed by atoms with Crippen molar-refractivity contribution in [1.29, 1.82) is 0 Å². The third-order valence-corrected chi connectivity index (χ3v) is 3.05. The molecule has 2 nitrogen and oxygen atoms in total. The number of hydrogen-bond donors (Lipinski definition) is 0. The molecule has 68 valence electrons. The predicted octanol–water partition coefficient (Wildman–Crippen LogP) is 1.95. The van der Waals surface area contributed by atoms with E-state index in [1.54, 1.807) is 0 Å². The lowest BCUT2D eigenvalue weighted by Crippen LogP contribution is -2.35. The van der Waals surface area contributed by atoms with Crippen LogP contribution in [0.1, 0.15) is 19.8 Å². The highest BCUT2D eigenvalue weighted by molar-refractivity contribution is 6.18. The second-order valence-electron chi connectivity index (χ2n) is 3.44. The molecule has 0 aromatic heterocycles. The maximum Gasteiger partial charge on any atom is 0.121 e. The van der Waals surface area contributed by atoms with Crippen LogP contribution in [0.5, 0.6) is 0 Å². The van der Waals surface area contributed by atoms with Crippen molar-refractivity contribution in [3.63, 3.8) is 0 Å². The normalized spacial score (nSPS) is 28.7. The monoisotopic (exact) mass is 187 g/mol. The lowest BCUT2D eigenvalue weighted by atomic mass is 10.2. The van der Waals surface area contributed by atoms with Crippen molar-refractivity contribution in [1.82, 2.24) is 4.90 Å². The molecule has 0 spiro atoms. The summed E-state index contributed by atoms with van der Waals surface area (Å²) in [6, 6.07) is 0.506. The quantitative estimate of drug-likeness (QED) is 0.627. The molecule has 2 aliphatic rings. The minimum Gasteiger partial charge on any atom is -0.494 e. The van der Waals surface area contributed by atoms with E-state index in [4.69, 9.17) is 16.3 Å². The van der Waals surface area contributed by atoms with Gasteiger partial charge in [0.05, 0.1) is 12.2 Å². The molecule has 0 radical (unpaired) electrons. The fourth-order valence-electron chi connectivity index (χ4n) is 1.93. The number of nitrogens with zero attached hydrogens (tertiary/aromatic N) is 1. The zero-order valence-electron chi connectivity index (χ0n) is 7.29. The van der Waals surface area contributed by atoms with E-state index < -0.39 is 0 Å². The van der Waals surface area contributed by atoms with Gasteiger partial charge in [0, 0.05) is 18.3 Å². The van der Waals surface area contributed by atoms with Gasteiger partial charge in [0.2, 0.25) is 0 Å². The molecule has 0 N–H and O–H groups in total. The molecule has 12 heavy (non-hydrogen) atoms. The maximum atomic E-state index is 5.88. The van der Waals surface area contributed by atoms with Crippen LogP contribution in [0.3, 0.4) is 0 Å². The van der Waals surface area contributed by atoms with E-state index in [1.807, 2.05) is 6.26 Å². The van der Waals surface area contributed by atoms with Crippen LogP contribution in [-0.2, 0) is 4.74 Å². The van der Waals surface area contributed by atoms with E-state index in [0.29, 0.717) is 12.1 Å². The lowest BCUT2D eigenvalue weighted by Gasteiger charge is -2.30. The summed E-state index contributed by atoms with van der Waals surface area (Å²) < 4.78 is 5.37. The van der Waals surface area contributed by atoms with Crippen molar-refractivity contribution in [2.24, 2.45) is 0 Å². The minimum absolute atomic E-state index is 0.414. The summed E-state index contributed by atoms with van der Waals surface area (Å²) >= 11 is 5.88. The number of halogens is 1. The molecule has 2 rings (SSSR count). The first-order valence-corrected chi connectivity index (χ1v) is 5.05. The Kier molecular flexibility index (Phi) is 2.18. The van der Waals surface area contributed by atoms with E-state index in [9.17, 15) is 0 Å². The molecule has 0 aromatic carbocycles. The van der Waals surface area contributed by atoms with Crippen molar-refractivity contribution in [3.05, 3.63) is 12.0 Å². The molecule has 0 aromatic rings. The Morgan fingerprint density at radius 2 is 2.67 bits per heavy atom. The molecule has 0 amide bonds. The van der Waals surface area contributed by atoms with Gasteiger partial charge in [-0.25, -0.2) is 0 Å². The number of ether oxygens (including phenoxy) is 1. The average molecular weight is 188 g/mol. The van der Waals surface area contributed by atoms with Gasteiger partial charge >= 0.3 is 0 Å². The van der Waals surface area contributed by atoms with Crippen LogP contribution < -0.4 is 0 Å². The molecule has 2 aliphatic heterocycles. The first-order chi connectivity index (χ1) is 5.85. The third kappa shape index (κ3) is 1.18. The fraction of sp³-hybridized carbons (Fsp3) is 0.778. The van der Waals surface area contributed by atoms with Gasteiger partial charge < -0.3 is 9.64 Å². The molecule has 2 unspecified atom stereocenters. The molecule has 1 saturated heterocycles. The second kappa shape index (κ2) is 3.17. The van der Waals surface area contributed by atoms with Gasteiger partial charge in [0.15, 0.2) is 0 Å². The Hall–Kier alpha value is -0.370. The summed E-state index contributed by atoms with van der Waals surface area (Å²) in [5.41, 5.74) is 1.34. The molecule has 2 heterocycles. The predicted molar refractivity (Wildman–Crippen MR) is 49.1 cm³/mol. The highest BCUT2D eigenvalue weighted by Crippen LogP contribution is 2.32. The SMILES string of the molecule is CCC(CCl)N1CC2CC1=CO2. The topological polar surface area (TPSA) is 12.5 Å².